The molecule has 0 saturated heterocycles. The maximum atomic E-state index is 10.9. The lowest BCUT2D eigenvalue weighted by Gasteiger charge is -2.21. The van der Waals surface area contributed by atoms with E-state index >= 15 is 0 Å². The Labute approximate surface area is 88.2 Å². The lowest BCUT2D eigenvalue weighted by Crippen LogP contribution is -2.18. The van der Waals surface area contributed by atoms with Gasteiger partial charge in [0.15, 0.2) is 6.29 Å². The number of nitrogens with zero attached hydrogens (tertiary/aromatic N) is 1. The zero-order valence-corrected chi connectivity index (χ0v) is 8.94. The summed E-state index contributed by atoms with van der Waals surface area (Å²) in [5.41, 5.74) is 1.42. The van der Waals surface area contributed by atoms with E-state index in [2.05, 4.69) is 5.32 Å². The van der Waals surface area contributed by atoms with Crippen LogP contribution in [0.3, 0.4) is 0 Å². The summed E-state index contributed by atoms with van der Waals surface area (Å²) in [6.45, 7) is 0. The lowest BCUT2D eigenvalue weighted by molar-refractivity contribution is 0.111. The Hall–Kier alpha value is -1.75. The summed E-state index contributed by atoms with van der Waals surface area (Å²) >= 11 is 0. The third-order valence-electron chi connectivity index (χ3n) is 2.17. The predicted octanol–water partition coefficient (Wildman–Crippen LogP) is 1.24. The molecule has 0 spiro atoms. The molecule has 2 N–H and O–H groups in total. The minimum absolute atomic E-state index is 0.0668. The summed E-state index contributed by atoms with van der Waals surface area (Å²) in [4.78, 5) is 15.9. The summed E-state index contributed by atoms with van der Waals surface area (Å²) in [7, 11) is 4.87. The number of benzene rings is 1. The first-order valence-electron chi connectivity index (χ1n) is 4.42. The monoisotopic (exact) mass is 210 g/mol. The van der Waals surface area contributed by atoms with Crippen LogP contribution < -0.4 is 10.4 Å². The van der Waals surface area contributed by atoms with Crippen molar-refractivity contribution in [3.8, 4) is 5.75 Å². The smallest absolute Gasteiger partial charge is 0.156 e. The topological polar surface area (TPSA) is 61.8 Å². The van der Waals surface area contributed by atoms with Gasteiger partial charge in [-0.15, -0.1) is 0 Å². The minimum atomic E-state index is -0.0668. The molecule has 0 saturated carbocycles. The van der Waals surface area contributed by atoms with Gasteiger partial charge in [0, 0.05) is 14.1 Å². The number of hydrogen-bond donors (Lipinski definition) is 2. The molecule has 1 rings (SSSR count). The highest BCUT2D eigenvalue weighted by molar-refractivity contribution is 5.93. The number of hydroxylamine groups is 1. The number of nitrogens with one attached hydrogen (secondary N) is 1. The minimum Gasteiger partial charge on any atom is -0.507 e. The molecule has 0 heterocycles. The van der Waals surface area contributed by atoms with Gasteiger partial charge in [0.25, 0.3) is 0 Å². The van der Waals surface area contributed by atoms with Crippen molar-refractivity contribution in [3.63, 3.8) is 0 Å². The van der Waals surface area contributed by atoms with Crippen molar-refractivity contribution in [3.05, 3.63) is 17.7 Å². The first-order chi connectivity index (χ1) is 7.15. The Balaban J connectivity index is 3.39. The van der Waals surface area contributed by atoms with Gasteiger partial charge in [0.05, 0.1) is 18.4 Å². The van der Waals surface area contributed by atoms with Crippen molar-refractivity contribution in [1.82, 2.24) is 0 Å². The number of aldehydes is 1. The summed E-state index contributed by atoms with van der Waals surface area (Å²) in [5.74, 6) is -0.0668. The Morgan fingerprint density at radius 3 is 2.67 bits per heavy atom. The normalized spacial score (nSPS) is 9.80. The molecule has 15 heavy (non-hydrogen) atoms. The van der Waals surface area contributed by atoms with Crippen LogP contribution >= 0.6 is 0 Å². The SMILES string of the molecule is CNc1ccc(O)c(C=O)c1N(C)OC. The van der Waals surface area contributed by atoms with Crippen LogP contribution in [0, 0.1) is 0 Å². The van der Waals surface area contributed by atoms with Crippen LogP contribution in [0.4, 0.5) is 11.4 Å². The van der Waals surface area contributed by atoms with Crippen molar-refractivity contribution >= 4 is 17.7 Å². The fourth-order valence-corrected chi connectivity index (χ4v) is 1.35. The largest absolute Gasteiger partial charge is 0.507 e. The fraction of sp³-hybridized carbons (Fsp3) is 0.300. The first kappa shape index (κ1) is 11.3. The third-order valence-corrected chi connectivity index (χ3v) is 2.17. The number of anilines is 2. The molecule has 0 amide bonds. The van der Waals surface area contributed by atoms with E-state index in [1.54, 1.807) is 20.2 Å². The molecule has 0 aliphatic carbocycles. The lowest BCUT2D eigenvalue weighted by atomic mass is 10.1. The van der Waals surface area contributed by atoms with Gasteiger partial charge >= 0.3 is 0 Å². The van der Waals surface area contributed by atoms with Crippen molar-refractivity contribution in [2.24, 2.45) is 0 Å². The van der Waals surface area contributed by atoms with E-state index in [1.165, 1.54) is 18.2 Å². The molecule has 5 heteroatoms. The summed E-state index contributed by atoms with van der Waals surface area (Å²) in [5, 5.41) is 13.8. The molecule has 1 aromatic rings. The quantitative estimate of drug-likeness (QED) is 0.445. The first-order valence-corrected chi connectivity index (χ1v) is 4.42. The standard InChI is InChI=1S/C10H14N2O3/c1-11-8-4-5-9(14)7(6-13)10(8)12(2)15-3/h4-6,11,14H,1-3H3. The van der Waals surface area contributed by atoms with Gasteiger partial charge in [-0.1, -0.05) is 0 Å². The second kappa shape index (κ2) is 4.65. The predicted molar refractivity (Wildman–Crippen MR) is 58.5 cm³/mol. The molecule has 0 aromatic heterocycles. The summed E-state index contributed by atoms with van der Waals surface area (Å²) in [6.07, 6.45) is 0.598. The second-order valence-corrected chi connectivity index (χ2v) is 2.94. The number of carbonyl (C=O) groups is 1. The highest BCUT2D eigenvalue weighted by Crippen LogP contribution is 2.33. The molecule has 0 bridgehead atoms. The van der Waals surface area contributed by atoms with Gasteiger partial charge < -0.3 is 10.4 Å². The Kier molecular flexibility index (Phi) is 3.51. The van der Waals surface area contributed by atoms with Gasteiger partial charge in [0.2, 0.25) is 0 Å². The van der Waals surface area contributed by atoms with Gasteiger partial charge in [-0.2, -0.15) is 0 Å². The Morgan fingerprint density at radius 1 is 1.53 bits per heavy atom. The van der Waals surface area contributed by atoms with Gasteiger partial charge in [0.1, 0.15) is 11.4 Å². The maximum absolute atomic E-state index is 10.9. The van der Waals surface area contributed by atoms with E-state index in [0.29, 0.717) is 17.7 Å². The van der Waals surface area contributed by atoms with Crippen LogP contribution in [0.2, 0.25) is 0 Å². The molecule has 82 valence electrons. The number of carbonyl (C=O) groups excluding carboxylic acids is 1. The van der Waals surface area contributed by atoms with E-state index < -0.39 is 0 Å². The number of hydrogen-bond acceptors (Lipinski definition) is 5. The van der Waals surface area contributed by atoms with E-state index in [9.17, 15) is 9.90 Å². The molecule has 0 radical (unpaired) electrons. The molecular formula is C10H14N2O3. The van der Waals surface area contributed by atoms with Gasteiger partial charge in [-0.25, -0.2) is 0 Å². The number of phenolic OH excluding ortho intramolecular Hbond substituents is 1. The van der Waals surface area contributed by atoms with E-state index in [-0.39, 0.29) is 11.3 Å². The molecular weight excluding hydrogens is 196 g/mol. The molecule has 0 aliphatic heterocycles. The van der Waals surface area contributed by atoms with Crippen molar-refractivity contribution < 1.29 is 14.7 Å². The molecule has 5 nitrogen and oxygen atoms in total. The average molecular weight is 210 g/mol. The molecule has 1 aromatic carbocycles. The highest BCUT2D eigenvalue weighted by atomic mass is 16.7. The van der Waals surface area contributed by atoms with E-state index in [1.807, 2.05) is 0 Å². The number of rotatable bonds is 4. The molecule has 0 fully saturated rings. The van der Waals surface area contributed by atoms with Crippen LogP contribution in [0.1, 0.15) is 10.4 Å². The van der Waals surface area contributed by atoms with Crippen LogP contribution in [-0.4, -0.2) is 32.6 Å². The van der Waals surface area contributed by atoms with E-state index in [4.69, 9.17) is 4.84 Å². The molecule has 0 aliphatic rings. The average Bonchev–Trinajstić information content (AvgIpc) is 2.27. The number of aromatic hydroxyl groups is 1. The zero-order valence-electron chi connectivity index (χ0n) is 8.94. The van der Waals surface area contributed by atoms with Crippen LogP contribution in [0.15, 0.2) is 12.1 Å². The summed E-state index contributed by atoms with van der Waals surface area (Å²) < 4.78 is 0. The van der Waals surface area contributed by atoms with Crippen molar-refractivity contribution in [2.45, 2.75) is 0 Å². The zero-order chi connectivity index (χ0) is 11.4. The van der Waals surface area contributed by atoms with Crippen LogP contribution in [-0.2, 0) is 4.84 Å². The number of phenols is 1. The fourth-order valence-electron chi connectivity index (χ4n) is 1.35. The maximum Gasteiger partial charge on any atom is 0.156 e. The van der Waals surface area contributed by atoms with Gasteiger partial charge in [-0.05, 0) is 12.1 Å². The Bertz CT molecular complexity index is 366. The van der Waals surface area contributed by atoms with Crippen LogP contribution in [0.5, 0.6) is 5.75 Å². The molecule has 0 unspecified atom stereocenters. The third kappa shape index (κ3) is 2.02. The highest BCUT2D eigenvalue weighted by Gasteiger charge is 2.15. The van der Waals surface area contributed by atoms with Crippen molar-refractivity contribution in [2.75, 3.05) is 31.6 Å². The van der Waals surface area contributed by atoms with Crippen LogP contribution in [0.25, 0.3) is 0 Å². The van der Waals surface area contributed by atoms with Gasteiger partial charge in [-0.3, -0.25) is 14.7 Å². The van der Waals surface area contributed by atoms with E-state index in [0.717, 1.165) is 0 Å². The second-order valence-electron chi connectivity index (χ2n) is 2.94. The Morgan fingerprint density at radius 2 is 2.20 bits per heavy atom. The molecule has 0 atom stereocenters. The summed E-state index contributed by atoms with van der Waals surface area (Å²) in [6, 6.07) is 3.13. The van der Waals surface area contributed by atoms with Crippen molar-refractivity contribution in [1.29, 1.82) is 0 Å².